The number of aryl methyl sites for hydroxylation is 2. The van der Waals surface area contributed by atoms with Gasteiger partial charge in [-0.1, -0.05) is 0 Å². The Morgan fingerprint density at radius 3 is 2.35 bits per heavy atom. The van der Waals surface area contributed by atoms with Crippen LogP contribution in [-0.2, 0) is 0 Å². The van der Waals surface area contributed by atoms with Crippen molar-refractivity contribution in [1.82, 2.24) is 9.97 Å². The van der Waals surface area contributed by atoms with Crippen molar-refractivity contribution < 1.29 is 9.53 Å². The number of aromatic nitrogens is 2. The second-order valence-electron chi connectivity index (χ2n) is 5.23. The molecule has 3 aromatic rings. The second kappa shape index (κ2) is 6.71. The Balaban J connectivity index is 1.63. The summed E-state index contributed by atoms with van der Waals surface area (Å²) in [6.07, 6.45) is 3.57. The van der Waals surface area contributed by atoms with Gasteiger partial charge in [-0.05, 0) is 55.8 Å². The first kappa shape index (κ1) is 15.4. The lowest BCUT2D eigenvalue weighted by molar-refractivity contribution is 0.0925. The molecular weight excluding hydrogens is 308 g/mol. The first-order chi connectivity index (χ1) is 11.1. The minimum Gasteiger partial charge on any atom is -0.485 e. The lowest BCUT2D eigenvalue weighted by atomic mass is 10.2. The number of thiophene rings is 1. The van der Waals surface area contributed by atoms with Gasteiger partial charge in [-0.3, -0.25) is 4.79 Å². The number of Topliss-reactive ketones (excluding diaryl/α,β-unsaturated/α-hetero) is 1. The minimum absolute atomic E-state index is 0.00551. The van der Waals surface area contributed by atoms with E-state index in [-0.39, 0.29) is 12.4 Å². The number of benzene rings is 1. The van der Waals surface area contributed by atoms with Gasteiger partial charge in [-0.15, -0.1) is 11.3 Å². The average molecular weight is 324 g/mol. The summed E-state index contributed by atoms with van der Waals surface area (Å²) in [6, 6.07) is 11.2. The van der Waals surface area contributed by atoms with Crippen LogP contribution in [0.5, 0.6) is 5.75 Å². The molecule has 0 radical (unpaired) electrons. The van der Waals surface area contributed by atoms with Crippen LogP contribution < -0.4 is 4.74 Å². The second-order valence-corrected chi connectivity index (χ2v) is 6.52. The maximum Gasteiger partial charge on any atom is 0.210 e. The number of hydrogen-bond acceptors (Lipinski definition) is 5. The molecule has 0 fully saturated rings. The molecular formula is C18H16N2O2S. The third-order valence-electron chi connectivity index (χ3n) is 3.28. The SMILES string of the molecule is Cc1cnc(-c2ccc(OCC(=O)c3ccc(C)s3)cc2)nc1. The molecule has 0 saturated carbocycles. The van der Waals surface area contributed by atoms with Crippen LogP contribution in [0.2, 0.25) is 0 Å². The normalized spacial score (nSPS) is 10.5. The fourth-order valence-electron chi connectivity index (χ4n) is 2.05. The molecule has 3 rings (SSSR count). The van der Waals surface area contributed by atoms with Gasteiger partial charge in [-0.25, -0.2) is 9.97 Å². The van der Waals surface area contributed by atoms with Crippen molar-refractivity contribution in [2.24, 2.45) is 0 Å². The molecule has 0 aliphatic heterocycles. The van der Waals surface area contributed by atoms with Gasteiger partial charge in [0, 0.05) is 22.8 Å². The molecule has 116 valence electrons. The van der Waals surface area contributed by atoms with Gasteiger partial charge >= 0.3 is 0 Å². The van der Waals surface area contributed by atoms with Crippen molar-refractivity contribution in [3.8, 4) is 17.1 Å². The molecule has 0 atom stereocenters. The van der Waals surface area contributed by atoms with E-state index in [1.165, 1.54) is 11.3 Å². The Hall–Kier alpha value is -2.53. The largest absolute Gasteiger partial charge is 0.485 e. The van der Waals surface area contributed by atoms with Gasteiger partial charge in [-0.2, -0.15) is 0 Å². The Kier molecular flexibility index (Phi) is 4.48. The molecule has 1 aromatic carbocycles. The van der Waals surface area contributed by atoms with E-state index in [1.54, 1.807) is 12.4 Å². The first-order valence-electron chi connectivity index (χ1n) is 7.23. The van der Waals surface area contributed by atoms with Gasteiger partial charge in [0.1, 0.15) is 5.75 Å². The van der Waals surface area contributed by atoms with Gasteiger partial charge in [0.25, 0.3) is 0 Å². The molecule has 2 aromatic heterocycles. The summed E-state index contributed by atoms with van der Waals surface area (Å²) < 4.78 is 5.56. The molecule has 0 saturated heterocycles. The van der Waals surface area contributed by atoms with E-state index in [2.05, 4.69) is 9.97 Å². The number of nitrogens with zero attached hydrogens (tertiary/aromatic N) is 2. The number of carbonyl (C=O) groups is 1. The lowest BCUT2D eigenvalue weighted by Gasteiger charge is -2.06. The zero-order chi connectivity index (χ0) is 16.2. The monoisotopic (exact) mass is 324 g/mol. The molecule has 0 spiro atoms. The van der Waals surface area contributed by atoms with Crippen LogP contribution in [0, 0.1) is 13.8 Å². The summed E-state index contributed by atoms with van der Waals surface area (Å²) >= 11 is 1.49. The number of hydrogen-bond donors (Lipinski definition) is 0. The van der Waals surface area contributed by atoms with Gasteiger partial charge in [0.2, 0.25) is 5.78 Å². The van der Waals surface area contributed by atoms with E-state index in [0.717, 1.165) is 20.9 Å². The number of rotatable bonds is 5. The molecule has 2 heterocycles. The summed E-state index contributed by atoms with van der Waals surface area (Å²) in [5, 5.41) is 0. The van der Waals surface area contributed by atoms with Crippen molar-refractivity contribution in [2.75, 3.05) is 6.61 Å². The molecule has 23 heavy (non-hydrogen) atoms. The third-order valence-corrected chi connectivity index (χ3v) is 4.32. The maximum absolute atomic E-state index is 12.0. The van der Waals surface area contributed by atoms with E-state index in [9.17, 15) is 4.79 Å². The maximum atomic E-state index is 12.0. The van der Waals surface area contributed by atoms with Crippen LogP contribution in [0.3, 0.4) is 0 Å². The van der Waals surface area contributed by atoms with Crippen LogP contribution >= 0.6 is 11.3 Å². The smallest absolute Gasteiger partial charge is 0.210 e. The molecule has 4 nitrogen and oxygen atoms in total. The molecule has 0 amide bonds. The lowest BCUT2D eigenvalue weighted by Crippen LogP contribution is -2.09. The summed E-state index contributed by atoms with van der Waals surface area (Å²) in [7, 11) is 0. The Labute approximate surface area is 138 Å². The summed E-state index contributed by atoms with van der Waals surface area (Å²) in [4.78, 5) is 22.4. The molecule has 0 bridgehead atoms. The minimum atomic E-state index is -0.00551. The first-order valence-corrected chi connectivity index (χ1v) is 8.05. The van der Waals surface area contributed by atoms with Gasteiger partial charge in [0.15, 0.2) is 12.4 Å². The molecule has 0 aliphatic rings. The number of ether oxygens (including phenoxy) is 1. The highest BCUT2D eigenvalue weighted by Crippen LogP contribution is 2.20. The zero-order valence-electron chi connectivity index (χ0n) is 12.9. The number of carbonyl (C=O) groups excluding carboxylic acids is 1. The highest BCUT2D eigenvalue weighted by Gasteiger charge is 2.09. The molecule has 0 unspecified atom stereocenters. The standard InChI is InChI=1S/C18H16N2O2S/c1-12-9-19-18(20-10-12)14-4-6-15(7-5-14)22-11-16(21)17-8-3-13(2)23-17/h3-10H,11H2,1-2H3. The molecule has 0 N–H and O–H groups in total. The molecule has 0 aliphatic carbocycles. The third kappa shape index (κ3) is 3.81. The fourth-order valence-corrected chi connectivity index (χ4v) is 2.84. The van der Waals surface area contributed by atoms with Crippen LogP contribution in [-0.4, -0.2) is 22.4 Å². The predicted molar refractivity (Wildman–Crippen MR) is 91.1 cm³/mol. The van der Waals surface area contributed by atoms with Crippen molar-refractivity contribution >= 4 is 17.1 Å². The Morgan fingerprint density at radius 1 is 1.04 bits per heavy atom. The summed E-state index contributed by atoms with van der Waals surface area (Å²) in [6.45, 7) is 3.97. The summed E-state index contributed by atoms with van der Waals surface area (Å²) in [5.74, 6) is 1.32. The highest BCUT2D eigenvalue weighted by molar-refractivity contribution is 7.14. The Bertz CT molecular complexity index is 808. The Morgan fingerprint density at radius 2 is 1.74 bits per heavy atom. The molecule has 5 heteroatoms. The van der Waals surface area contributed by atoms with Crippen molar-refractivity contribution in [3.05, 3.63) is 64.1 Å². The topological polar surface area (TPSA) is 52.1 Å². The quantitative estimate of drug-likeness (QED) is 0.664. The van der Waals surface area contributed by atoms with Crippen LogP contribution in [0.15, 0.2) is 48.8 Å². The predicted octanol–water partition coefficient (Wildman–Crippen LogP) is 4.08. The fraction of sp³-hybridized carbons (Fsp3) is 0.167. The zero-order valence-corrected chi connectivity index (χ0v) is 13.8. The van der Waals surface area contributed by atoms with Gasteiger partial charge < -0.3 is 4.74 Å². The van der Waals surface area contributed by atoms with E-state index in [4.69, 9.17) is 4.74 Å². The summed E-state index contributed by atoms with van der Waals surface area (Å²) in [5.41, 5.74) is 1.94. The average Bonchev–Trinajstić information content (AvgIpc) is 3.00. The van der Waals surface area contributed by atoms with E-state index < -0.39 is 0 Å². The van der Waals surface area contributed by atoms with Crippen LogP contribution in [0.1, 0.15) is 20.1 Å². The van der Waals surface area contributed by atoms with Crippen LogP contribution in [0.25, 0.3) is 11.4 Å². The van der Waals surface area contributed by atoms with Crippen molar-refractivity contribution in [3.63, 3.8) is 0 Å². The van der Waals surface area contributed by atoms with E-state index in [0.29, 0.717) is 11.6 Å². The highest BCUT2D eigenvalue weighted by atomic mass is 32.1. The van der Waals surface area contributed by atoms with Crippen molar-refractivity contribution in [2.45, 2.75) is 13.8 Å². The van der Waals surface area contributed by atoms with Crippen LogP contribution in [0.4, 0.5) is 0 Å². The number of ketones is 1. The van der Waals surface area contributed by atoms with E-state index >= 15 is 0 Å². The van der Waals surface area contributed by atoms with Gasteiger partial charge in [0.05, 0.1) is 4.88 Å². The van der Waals surface area contributed by atoms with E-state index in [1.807, 2.05) is 50.2 Å². The van der Waals surface area contributed by atoms with Crippen molar-refractivity contribution in [1.29, 1.82) is 0 Å².